The molecule has 28 heavy (non-hydrogen) atoms. The minimum Gasteiger partial charge on any atom is -0.448 e. The molecule has 144 valence electrons. The van der Waals surface area contributed by atoms with E-state index < -0.39 is 23.9 Å². The molecule has 1 atom stereocenters. The highest BCUT2D eigenvalue weighted by molar-refractivity contribution is 5.97. The Morgan fingerprint density at radius 2 is 1.86 bits per heavy atom. The molecular weight excluding hydrogens is 375 g/mol. The summed E-state index contributed by atoms with van der Waals surface area (Å²) >= 11 is 0. The molecule has 0 N–H and O–H groups in total. The van der Waals surface area contributed by atoms with Gasteiger partial charge in [0.15, 0.2) is 0 Å². The summed E-state index contributed by atoms with van der Waals surface area (Å²) in [5.41, 5.74) is 0.244. The number of alkyl halides is 3. The van der Waals surface area contributed by atoms with Crippen LogP contribution in [0.2, 0.25) is 0 Å². The van der Waals surface area contributed by atoms with Gasteiger partial charge in [-0.1, -0.05) is 29.5 Å². The molecule has 0 saturated carbocycles. The van der Waals surface area contributed by atoms with Crippen LogP contribution in [0.15, 0.2) is 53.6 Å². The fraction of sp³-hybridized carbons (Fsp3) is 0.222. The summed E-state index contributed by atoms with van der Waals surface area (Å²) in [5, 5.41) is 13.1. The molecule has 0 unspecified atom stereocenters. The number of nitrogens with zero attached hydrogens (tertiary/aromatic N) is 5. The van der Waals surface area contributed by atoms with Gasteiger partial charge in [-0.25, -0.2) is 4.68 Å². The van der Waals surface area contributed by atoms with Gasteiger partial charge in [0.1, 0.15) is 12.1 Å². The lowest BCUT2D eigenvalue weighted by atomic mass is 10.1. The first kappa shape index (κ1) is 18.0. The molecule has 0 aliphatic carbocycles. The maximum absolute atomic E-state index is 13.3. The molecule has 0 saturated heterocycles. The number of amides is 1. The number of para-hydroxylation sites is 1. The Morgan fingerprint density at radius 1 is 1.14 bits per heavy atom. The van der Waals surface area contributed by atoms with Crippen molar-refractivity contribution in [2.24, 2.45) is 5.10 Å². The van der Waals surface area contributed by atoms with Gasteiger partial charge < -0.3 is 4.74 Å². The van der Waals surface area contributed by atoms with Crippen LogP contribution < -0.4 is 0 Å². The Morgan fingerprint density at radius 3 is 2.61 bits per heavy atom. The van der Waals surface area contributed by atoms with Gasteiger partial charge in [0.05, 0.1) is 16.6 Å². The van der Waals surface area contributed by atoms with Crippen molar-refractivity contribution in [3.63, 3.8) is 0 Å². The van der Waals surface area contributed by atoms with Crippen LogP contribution in [0, 0.1) is 0 Å². The Labute approximate surface area is 157 Å². The first-order valence-electron chi connectivity index (χ1n) is 8.34. The van der Waals surface area contributed by atoms with E-state index in [2.05, 4.69) is 15.4 Å². The predicted molar refractivity (Wildman–Crippen MR) is 92.9 cm³/mol. The fourth-order valence-corrected chi connectivity index (χ4v) is 2.99. The zero-order valence-electron chi connectivity index (χ0n) is 14.6. The van der Waals surface area contributed by atoms with Crippen LogP contribution in [-0.2, 0) is 22.3 Å². The SMILES string of the molecule is CC(=O)N1N=C(c2ccccc2C(F)(F)F)O[C@H]1Cn1nnc2ccccc21. The van der Waals surface area contributed by atoms with Crippen molar-refractivity contribution in [1.82, 2.24) is 20.0 Å². The van der Waals surface area contributed by atoms with E-state index in [0.717, 1.165) is 11.1 Å². The van der Waals surface area contributed by atoms with Gasteiger partial charge >= 0.3 is 6.18 Å². The Bertz CT molecular complexity index is 1080. The molecule has 1 aliphatic rings. The van der Waals surface area contributed by atoms with Crippen molar-refractivity contribution in [1.29, 1.82) is 0 Å². The highest BCUT2D eigenvalue weighted by Crippen LogP contribution is 2.33. The molecular formula is C18H14F3N5O2. The van der Waals surface area contributed by atoms with Crippen molar-refractivity contribution in [2.45, 2.75) is 25.9 Å². The first-order valence-corrected chi connectivity index (χ1v) is 8.34. The van der Waals surface area contributed by atoms with Gasteiger partial charge in [0.25, 0.3) is 0 Å². The van der Waals surface area contributed by atoms with Crippen LogP contribution in [-0.4, -0.2) is 38.0 Å². The van der Waals surface area contributed by atoms with Gasteiger partial charge in [0, 0.05) is 6.92 Å². The van der Waals surface area contributed by atoms with Crippen LogP contribution in [0.25, 0.3) is 11.0 Å². The number of aromatic nitrogens is 3. The highest BCUT2D eigenvalue weighted by Gasteiger charge is 2.39. The van der Waals surface area contributed by atoms with Crippen LogP contribution in [0.3, 0.4) is 0 Å². The molecule has 0 spiro atoms. The molecule has 10 heteroatoms. The van der Waals surface area contributed by atoms with Crippen molar-refractivity contribution in [3.05, 3.63) is 59.7 Å². The number of carbonyl (C=O) groups excluding carboxylic acids is 1. The number of ether oxygens (including phenoxy) is 1. The predicted octanol–water partition coefficient (Wildman–Crippen LogP) is 3.02. The number of rotatable bonds is 3. The Kier molecular flexibility index (Phi) is 4.25. The van der Waals surface area contributed by atoms with Crippen molar-refractivity contribution < 1.29 is 22.7 Å². The maximum atomic E-state index is 13.3. The number of fused-ring (bicyclic) bond motifs is 1. The third-order valence-corrected chi connectivity index (χ3v) is 4.25. The van der Waals surface area contributed by atoms with E-state index in [-0.39, 0.29) is 18.0 Å². The molecule has 3 aromatic rings. The zero-order valence-corrected chi connectivity index (χ0v) is 14.6. The maximum Gasteiger partial charge on any atom is 0.417 e. The molecule has 0 bridgehead atoms. The van der Waals surface area contributed by atoms with E-state index in [4.69, 9.17) is 4.74 Å². The highest BCUT2D eigenvalue weighted by atomic mass is 19.4. The average molecular weight is 389 g/mol. The quantitative estimate of drug-likeness (QED) is 0.690. The summed E-state index contributed by atoms with van der Waals surface area (Å²) in [5.74, 6) is -0.730. The summed E-state index contributed by atoms with van der Waals surface area (Å²) < 4.78 is 47.1. The topological polar surface area (TPSA) is 72.6 Å². The Balaban J connectivity index is 1.67. The number of hydrogen-bond acceptors (Lipinski definition) is 5. The second-order valence-electron chi connectivity index (χ2n) is 6.14. The monoisotopic (exact) mass is 389 g/mol. The molecule has 0 radical (unpaired) electrons. The van der Waals surface area contributed by atoms with E-state index in [1.807, 2.05) is 12.1 Å². The largest absolute Gasteiger partial charge is 0.448 e. The molecule has 0 fully saturated rings. The summed E-state index contributed by atoms with van der Waals surface area (Å²) in [4.78, 5) is 12.0. The van der Waals surface area contributed by atoms with Crippen molar-refractivity contribution in [2.75, 3.05) is 0 Å². The van der Waals surface area contributed by atoms with E-state index in [1.165, 1.54) is 29.8 Å². The average Bonchev–Trinajstić information content (AvgIpc) is 3.26. The minimum absolute atomic E-state index is 0.0568. The Hall–Kier alpha value is -3.43. The van der Waals surface area contributed by atoms with Gasteiger partial charge in [-0.15, -0.1) is 10.2 Å². The summed E-state index contributed by atoms with van der Waals surface area (Å²) in [6.45, 7) is 1.32. The van der Waals surface area contributed by atoms with Crippen LogP contribution in [0.5, 0.6) is 0 Å². The number of carbonyl (C=O) groups is 1. The third kappa shape index (κ3) is 3.17. The minimum atomic E-state index is -4.58. The molecule has 7 nitrogen and oxygen atoms in total. The smallest absolute Gasteiger partial charge is 0.417 e. The van der Waals surface area contributed by atoms with E-state index >= 15 is 0 Å². The van der Waals surface area contributed by atoms with Crippen LogP contribution in [0.4, 0.5) is 13.2 Å². The molecule has 1 amide bonds. The zero-order chi connectivity index (χ0) is 19.9. The van der Waals surface area contributed by atoms with Gasteiger partial charge in [-0.05, 0) is 24.3 Å². The lowest BCUT2D eigenvalue weighted by Crippen LogP contribution is -2.36. The van der Waals surface area contributed by atoms with E-state index in [1.54, 1.807) is 12.1 Å². The van der Waals surface area contributed by atoms with Gasteiger partial charge in [0.2, 0.25) is 18.0 Å². The third-order valence-electron chi connectivity index (χ3n) is 4.25. The number of halogens is 3. The first-order chi connectivity index (χ1) is 13.3. The molecule has 1 aliphatic heterocycles. The molecule has 2 aromatic carbocycles. The fourth-order valence-electron chi connectivity index (χ4n) is 2.99. The normalized spacial score (nSPS) is 16.9. The summed E-state index contributed by atoms with van der Waals surface area (Å²) in [6, 6.07) is 12.1. The van der Waals surface area contributed by atoms with E-state index in [9.17, 15) is 18.0 Å². The lowest BCUT2D eigenvalue weighted by molar-refractivity contribution is -0.138. The molecule has 1 aromatic heterocycles. The standard InChI is InChI=1S/C18H14F3N5O2/c1-11(27)26-16(10-25-15-9-5-4-8-14(15)22-24-25)28-17(23-26)12-6-2-3-7-13(12)18(19,20)21/h2-9,16H,10H2,1H3/t16-/m0/s1. The van der Waals surface area contributed by atoms with Crippen molar-refractivity contribution >= 4 is 22.8 Å². The summed E-state index contributed by atoms with van der Waals surface area (Å²) in [6.07, 6.45) is -5.53. The van der Waals surface area contributed by atoms with Crippen LogP contribution >= 0.6 is 0 Å². The molecule has 2 heterocycles. The number of hydrogen-bond donors (Lipinski definition) is 0. The lowest BCUT2D eigenvalue weighted by Gasteiger charge is -2.19. The number of hydrazone groups is 1. The van der Waals surface area contributed by atoms with Gasteiger partial charge in [-0.3, -0.25) is 4.79 Å². The van der Waals surface area contributed by atoms with Crippen molar-refractivity contribution in [3.8, 4) is 0 Å². The second kappa shape index (κ2) is 6.63. The number of benzene rings is 2. The van der Waals surface area contributed by atoms with Gasteiger partial charge in [-0.2, -0.15) is 18.2 Å². The molecule has 4 rings (SSSR count). The summed E-state index contributed by atoms with van der Waals surface area (Å²) in [7, 11) is 0. The van der Waals surface area contributed by atoms with Crippen LogP contribution in [0.1, 0.15) is 18.1 Å². The van der Waals surface area contributed by atoms with E-state index in [0.29, 0.717) is 11.0 Å². The second-order valence-corrected chi connectivity index (χ2v) is 6.14.